The molecule has 0 aliphatic heterocycles. The van der Waals surface area contributed by atoms with Crippen LogP contribution >= 0.6 is 11.8 Å². The maximum Gasteiger partial charge on any atom is 0.129 e. The van der Waals surface area contributed by atoms with E-state index in [2.05, 4.69) is 13.8 Å². The molecule has 13 heavy (non-hydrogen) atoms. The van der Waals surface area contributed by atoms with Gasteiger partial charge in [0.25, 0.3) is 0 Å². The summed E-state index contributed by atoms with van der Waals surface area (Å²) < 4.78 is 13.2. The van der Waals surface area contributed by atoms with Gasteiger partial charge >= 0.3 is 0 Å². The van der Waals surface area contributed by atoms with Crippen LogP contribution in [0.1, 0.15) is 19.4 Å². The maximum atomic E-state index is 13.2. The number of hydrogen-bond donors (Lipinski definition) is 1. The average Bonchev–Trinajstić information content (AvgIpc) is 2.02. The molecule has 0 amide bonds. The first-order valence-electron chi connectivity index (χ1n) is 4.25. The molecule has 1 rings (SSSR count). The third kappa shape index (κ3) is 3.27. The SMILES string of the molecule is CC(C)SCc1ccc(N)cc1F. The minimum Gasteiger partial charge on any atom is -0.399 e. The van der Waals surface area contributed by atoms with Crippen molar-refractivity contribution in [2.24, 2.45) is 0 Å². The molecule has 0 saturated carbocycles. The van der Waals surface area contributed by atoms with Gasteiger partial charge in [0.05, 0.1) is 0 Å². The molecule has 0 heterocycles. The van der Waals surface area contributed by atoms with Gasteiger partial charge in [-0.1, -0.05) is 19.9 Å². The highest BCUT2D eigenvalue weighted by molar-refractivity contribution is 7.99. The first kappa shape index (κ1) is 10.4. The summed E-state index contributed by atoms with van der Waals surface area (Å²) in [5, 5.41) is 0.525. The molecule has 0 unspecified atom stereocenters. The van der Waals surface area contributed by atoms with Crippen LogP contribution < -0.4 is 5.73 Å². The Labute approximate surface area is 82.5 Å². The zero-order valence-electron chi connectivity index (χ0n) is 7.88. The summed E-state index contributed by atoms with van der Waals surface area (Å²) in [6.45, 7) is 4.19. The molecular weight excluding hydrogens is 185 g/mol. The lowest BCUT2D eigenvalue weighted by Gasteiger charge is -2.06. The lowest BCUT2D eigenvalue weighted by Crippen LogP contribution is -1.94. The normalized spacial score (nSPS) is 10.8. The number of rotatable bonds is 3. The van der Waals surface area contributed by atoms with Gasteiger partial charge in [-0.2, -0.15) is 11.8 Å². The van der Waals surface area contributed by atoms with Crippen molar-refractivity contribution in [3.8, 4) is 0 Å². The Morgan fingerprint density at radius 2 is 2.15 bits per heavy atom. The number of thioether (sulfide) groups is 1. The Bertz CT molecular complexity index is 286. The summed E-state index contributed by atoms with van der Waals surface area (Å²) in [7, 11) is 0. The number of benzene rings is 1. The summed E-state index contributed by atoms with van der Waals surface area (Å²) in [4.78, 5) is 0. The van der Waals surface area contributed by atoms with Crippen molar-refractivity contribution >= 4 is 17.4 Å². The molecule has 0 aromatic heterocycles. The highest BCUT2D eigenvalue weighted by atomic mass is 32.2. The molecule has 3 heteroatoms. The van der Waals surface area contributed by atoms with Gasteiger partial charge in [0.2, 0.25) is 0 Å². The zero-order valence-corrected chi connectivity index (χ0v) is 8.70. The maximum absolute atomic E-state index is 13.2. The quantitative estimate of drug-likeness (QED) is 0.757. The van der Waals surface area contributed by atoms with Crippen LogP contribution in [0.25, 0.3) is 0 Å². The molecule has 0 fully saturated rings. The lowest BCUT2D eigenvalue weighted by molar-refractivity contribution is 0.618. The van der Waals surface area contributed by atoms with E-state index in [4.69, 9.17) is 5.73 Å². The second-order valence-electron chi connectivity index (χ2n) is 3.21. The molecular formula is C10H14FNS. The van der Waals surface area contributed by atoms with Crippen LogP contribution in [0.2, 0.25) is 0 Å². The fraction of sp³-hybridized carbons (Fsp3) is 0.400. The van der Waals surface area contributed by atoms with Gasteiger partial charge in [-0.15, -0.1) is 0 Å². The molecule has 0 aliphatic carbocycles. The van der Waals surface area contributed by atoms with Gasteiger partial charge in [0.15, 0.2) is 0 Å². The van der Waals surface area contributed by atoms with Crippen LogP contribution in [0.5, 0.6) is 0 Å². The van der Waals surface area contributed by atoms with Crippen LogP contribution in [-0.2, 0) is 5.75 Å². The van der Waals surface area contributed by atoms with Crippen LogP contribution in [-0.4, -0.2) is 5.25 Å². The minimum atomic E-state index is -0.201. The van der Waals surface area contributed by atoms with Crippen molar-refractivity contribution in [1.82, 2.24) is 0 Å². The Hall–Kier alpha value is -0.700. The van der Waals surface area contributed by atoms with Crippen molar-refractivity contribution < 1.29 is 4.39 Å². The summed E-state index contributed by atoms with van der Waals surface area (Å²) in [5.41, 5.74) is 6.65. The van der Waals surface area contributed by atoms with E-state index in [1.54, 1.807) is 23.9 Å². The van der Waals surface area contributed by atoms with Gasteiger partial charge in [-0.05, 0) is 22.9 Å². The number of halogens is 1. The molecule has 0 radical (unpaired) electrons. The predicted octanol–water partition coefficient (Wildman–Crippen LogP) is 3.05. The summed E-state index contributed by atoms with van der Waals surface area (Å²) in [6, 6.07) is 4.86. The first-order chi connectivity index (χ1) is 6.09. The van der Waals surface area contributed by atoms with Gasteiger partial charge in [-0.3, -0.25) is 0 Å². The third-order valence-corrected chi connectivity index (χ3v) is 2.79. The van der Waals surface area contributed by atoms with Crippen LogP contribution in [0.4, 0.5) is 10.1 Å². The molecule has 72 valence electrons. The number of hydrogen-bond acceptors (Lipinski definition) is 2. The molecule has 1 aromatic carbocycles. The molecule has 0 atom stereocenters. The molecule has 0 aliphatic rings. The standard InChI is InChI=1S/C10H14FNS/c1-7(2)13-6-8-3-4-9(12)5-10(8)11/h3-5,7H,6,12H2,1-2H3. The number of anilines is 1. The van der Waals surface area contributed by atoms with Crippen molar-refractivity contribution in [2.75, 3.05) is 5.73 Å². The van der Waals surface area contributed by atoms with Crippen LogP contribution in [0.15, 0.2) is 18.2 Å². The molecule has 0 spiro atoms. The Morgan fingerprint density at radius 1 is 1.46 bits per heavy atom. The Kier molecular flexibility index (Phi) is 3.60. The monoisotopic (exact) mass is 199 g/mol. The van der Waals surface area contributed by atoms with E-state index in [1.807, 2.05) is 0 Å². The fourth-order valence-electron chi connectivity index (χ4n) is 0.937. The van der Waals surface area contributed by atoms with Gasteiger partial charge in [0.1, 0.15) is 5.82 Å². The van der Waals surface area contributed by atoms with E-state index in [9.17, 15) is 4.39 Å². The topological polar surface area (TPSA) is 26.0 Å². The van der Waals surface area contributed by atoms with Crippen LogP contribution in [0, 0.1) is 5.82 Å². The molecule has 0 bridgehead atoms. The fourth-order valence-corrected chi connectivity index (χ4v) is 1.68. The van der Waals surface area contributed by atoms with E-state index in [0.29, 0.717) is 16.7 Å². The molecule has 1 aromatic rings. The summed E-state index contributed by atoms with van der Waals surface area (Å²) in [5.74, 6) is 0.511. The Morgan fingerprint density at radius 3 is 2.69 bits per heavy atom. The first-order valence-corrected chi connectivity index (χ1v) is 5.30. The smallest absolute Gasteiger partial charge is 0.129 e. The second kappa shape index (κ2) is 4.51. The minimum absolute atomic E-state index is 0.201. The van der Waals surface area contributed by atoms with E-state index in [1.165, 1.54) is 6.07 Å². The van der Waals surface area contributed by atoms with Gasteiger partial charge in [-0.25, -0.2) is 4.39 Å². The highest BCUT2D eigenvalue weighted by Crippen LogP contribution is 2.20. The van der Waals surface area contributed by atoms with E-state index < -0.39 is 0 Å². The summed E-state index contributed by atoms with van der Waals surface area (Å²) in [6.07, 6.45) is 0. The third-order valence-electron chi connectivity index (χ3n) is 1.65. The van der Waals surface area contributed by atoms with Crippen molar-refractivity contribution in [1.29, 1.82) is 0 Å². The molecule has 0 saturated heterocycles. The summed E-state index contributed by atoms with van der Waals surface area (Å²) >= 11 is 1.72. The highest BCUT2D eigenvalue weighted by Gasteiger charge is 2.03. The lowest BCUT2D eigenvalue weighted by atomic mass is 10.2. The molecule has 1 nitrogen and oxygen atoms in total. The van der Waals surface area contributed by atoms with Crippen molar-refractivity contribution in [2.45, 2.75) is 24.9 Å². The van der Waals surface area contributed by atoms with Crippen molar-refractivity contribution in [3.05, 3.63) is 29.6 Å². The Balaban J connectivity index is 2.67. The van der Waals surface area contributed by atoms with E-state index in [-0.39, 0.29) is 5.82 Å². The second-order valence-corrected chi connectivity index (χ2v) is 4.78. The average molecular weight is 199 g/mol. The number of nitrogens with two attached hydrogens (primary N) is 1. The van der Waals surface area contributed by atoms with E-state index in [0.717, 1.165) is 5.56 Å². The van der Waals surface area contributed by atoms with Gasteiger partial charge in [0, 0.05) is 11.4 Å². The zero-order chi connectivity index (χ0) is 9.84. The van der Waals surface area contributed by atoms with Gasteiger partial charge < -0.3 is 5.73 Å². The molecule has 2 N–H and O–H groups in total. The van der Waals surface area contributed by atoms with Crippen molar-refractivity contribution in [3.63, 3.8) is 0 Å². The van der Waals surface area contributed by atoms with Crippen LogP contribution in [0.3, 0.4) is 0 Å². The predicted molar refractivity (Wildman–Crippen MR) is 57.2 cm³/mol. The van der Waals surface area contributed by atoms with E-state index >= 15 is 0 Å². The number of nitrogen functional groups attached to an aromatic ring is 1. The largest absolute Gasteiger partial charge is 0.399 e.